The largest absolute Gasteiger partial charge is 0.295 e. The molecular formula is C16H22O2S. The standard InChI is InChI=1S/C16H22O2S/c1-15(2)7-11(17)5-13(9-15)19-14-6-12(18)8-16(3,4)10-14/h5-6H,7-10H2,1-4H3. The van der Waals surface area contributed by atoms with E-state index in [1.807, 2.05) is 0 Å². The van der Waals surface area contributed by atoms with E-state index >= 15 is 0 Å². The fourth-order valence-electron chi connectivity index (χ4n) is 2.87. The van der Waals surface area contributed by atoms with Crippen LogP contribution in [0.3, 0.4) is 0 Å². The summed E-state index contributed by atoms with van der Waals surface area (Å²) in [4.78, 5) is 25.7. The van der Waals surface area contributed by atoms with Crippen LogP contribution in [-0.4, -0.2) is 11.6 Å². The van der Waals surface area contributed by atoms with E-state index in [0.717, 1.165) is 22.7 Å². The second kappa shape index (κ2) is 4.93. The molecule has 3 heteroatoms. The molecule has 0 radical (unpaired) electrons. The fourth-order valence-corrected chi connectivity index (χ4v) is 4.52. The number of hydrogen-bond donors (Lipinski definition) is 0. The molecule has 0 aromatic carbocycles. The molecule has 0 amide bonds. The van der Waals surface area contributed by atoms with Gasteiger partial charge >= 0.3 is 0 Å². The quantitative estimate of drug-likeness (QED) is 0.756. The second-order valence-electron chi connectivity index (χ2n) is 7.29. The average Bonchev–Trinajstić information content (AvgIpc) is 2.08. The van der Waals surface area contributed by atoms with Crippen LogP contribution in [0, 0.1) is 10.8 Å². The molecule has 0 fully saturated rings. The molecule has 2 aliphatic rings. The summed E-state index contributed by atoms with van der Waals surface area (Å²) in [6, 6.07) is 0. The van der Waals surface area contributed by atoms with Crippen molar-refractivity contribution in [2.75, 3.05) is 0 Å². The Morgan fingerprint density at radius 3 is 1.47 bits per heavy atom. The lowest BCUT2D eigenvalue weighted by Crippen LogP contribution is -2.23. The molecule has 2 nitrogen and oxygen atoms in total. The molecule has 0 saturated heterocycles. The second-order valence-corrected chi connectivity index (χ2v) is 8.54. The van der Waals surface area contributed by atoms with Crippen LogP contribution >= 0.6 is 11.8 Å². The molecule has 2 aliphatic carbocycles. The lowest BCUT2D eigenvalue weighted by atomic mass is 9.80. The molecule has 0 unspecified atom stereocenters. The minimum atomic E-state index is 0.0446. The molecule has 0 saturated carbocycles. The Morgan fingerprint density at radius 1 is 0.789 bits per heavy atom. The van der Waals surface area contributed by atoms with Gasteiger partial charge in [-0.3, -0.25) is 9.59 Å². The van der Waals surface area contributed by atoms with Crippen LogP contribution in [0.1, 0.15) is 53.4 Å². The SMILES string of the molecule is CC1(C)CC(=O)C=C(SC2=CC(=O)CC(C)(C)C2)C1. The van der Waals surface area contributed by atoms with E-state index in [4.69, 9.17) is 0 Å². The highest BCUT2D eigenvalue weighted by Gasteiger charge is 2.31. The van der Waals surface area contributed by atoms with Gasteiger partial charge in [0.2, 0.25) is 0 Å². The summed E-state index contributed by atoms with van der Waals surface area (Å²) in [5.74, 6) is 0.418. The van der Waals surface area contributed by atoms with Gasteiger partial charge in [0.15, 0.2) is 11.6 Å². The minimum Gasteiger partial charge on any atom is -0.295 e. The Morgan fingerprint density at radius 2 is 1.16 bits per heavy atom. The van der Waals surface area contributed by atoms with Crippen LogP contribution < -0.4 is 0 Å². The van der Waals surface area contributed by atoms with E-state index in [9.17, 15) is 9.59 Å². The van der Waals surface area contributed by atoms with Crippen molar-refractivity contribution in [3.05, 3.63) is 22.0 Å². The average molecular weight is 278 g/mol. The highest BCUT2D eigenvalue weighted by molar-refractivity contribution is 8.06. The van der Waals surface area contributed by atoms with Gasteiger partial charge in [0, 0.05) is 12.8 Å². The van der Waals surface area contributed by atoms with Crippen LogP contribution in [0.15, 0.2) is 22.0 Å². The molecule has 0 aromatic heterocycles. The smallest absolute Gasteiger partial charge is 0.157 e. The van der Waals surface area contributed by atoms with Gasteiger partial charge in [0.1, 0.15) is 0 Å². The zero-order chi connectivity index (χ0) is 14.3. The molecule has 0 aliphatic heterocycles. The number of hydrogen-bond acceptors (Lipinski definition) is 3. The number of rotatable bonds is 2. The van der Waals surface area contributed by atoms with Gasteiger partial charge in [-0.05, 0) is 45.6 Å². The Kier molecular flexibility index (Phi) is 3.78. The van der Waals surface area contributed by atoms with Crippen molar-refractivity contribution in [3.63, 3.8) is 0 Å². The zero-order valence-electron chi connectivity index (χ0n) is 12.2. The summed E-state index contributed by atoms with van der Waals surface area (Å²) in [5, 5.41) is 0. The molecule has 0 bridgehead atoms. The van der Waals surface area contributed by atoms with E-state index in [1.54, 1.807) is 23.9 Å². The van der Waals surface area contributed by atoms with Crippen molar-refractivity contribution in [2.24, 2.45) is 10.8 Å². The molecule has 0 aromatic rings. The normalized spacial score (nSPS) is 25.9. The first kappa shape index (κ1) is 14.6. The Labute approximate surface area is 119 Å². The first-order valence-corrected chi connectivity index (χ1v) is 7.62. The third-order valence-corrected chi connectivity index (χ3v) is 4.57. The lowest BCUT2D eigenvalue weighted by molar-refractivity contribution is -0.117. The maximum Gasteiger partial charge on any atom is 0.157 e. The van der Waals surface area contributed by atoms with Gasteiger partial charge in [-0.15, -0.1) is 0 Å². The van der Waals surface area contributed by atoms with Crippen molar-refractivity contribution in [2.45, 2.75) is 53.4 Å². The van der Waals surface area contributed by atoms with Gasteiger partial charge in [-0.25, -0.2) is 0 Å². The maximum atomic E-state index is 11.7. The summed E-state index contributed by atoms with van der Waals surface area (Å²) in [6.45, 7) is 8.51. The first-order valence-electron chi connectivity index (χ1n) is 6.80. The van der Waals surface area contributed by atoms with E-state index in [-0.39, 0.29) is 22.4 Å². The number of thioether (sulfide) groups is 1. The van der Waals surface area contributed by atoms with Crippen molar-refractivity contribution in [3.8, 4) is 0 Å². The molecule has 0 atom stereocenters. The van der Waals surface area contributed by atoms with Crippen molar-refractivity contribution in [1.29, 1.82) is 0 Å². The molecule has 0 N–H and O–H groups in total. The number of carbonyl (C=O) groups excluding carboxylic acids is 2. The predicted molar refractivity (Wildman–Crippen MR) is 79.8 cm³/mol. The minimum absolute atomic E-state index is 0.0446. The summed E-state index contributed by atoms with van der Waals surface area (Å²) < 4.78 is 0. The molecule has 0 spiro atoms. The highest BCUT2D eigenvalue weighted by atomic mass is 32.2. The van der Waals surface area contributed by atoms with Gasteiger partial charge in [-0.1, -0.05) is 39.5 Å². The summed E-state index contributed by atoms with van der Waals surface area (Å²) in [6.07, 6.45) is 6.64. The topological polar surface area (TPSA) is 34.1 Å². The monoisotopic (exact) mass is 278 g/mol. The Hall–Kier alpha value is -0.830. The summed E-state index contributed by atoms with van der Waals surface area (Å²) in [5.41, 5.74) is 0.0891. The van der Waals surface area contributed by atoms with Gasteiger partial charge in [-0.2, -0.15) is 0 Å². The first-order chi connectivity index (χ1) is 8.65. The third kappa shape index (κ3) is 4.07. The van der Waals surface area contributed by atoms with Gasteiger partial charge in [0.25, 0.3) is 0 Å². The molecule has 104 valence electrons. The molecule has 2 rings (SSSR count). The number of carbonyl (C=O) groups is 2. The van der Waals surface area contributed by atoms with Gasteiger partial charge < -0.3 is 0 Å². The zero-order valence-corrected chi connectivity index (χ0v) is 13.0. The van der Waals surface area contributed by atoms with E-state index in [2.05, 4.69) is 27.7 Å². The Balaban J connectivity index is 2.13. The van der Waals surface area contributed by atoms with Crippen LogP contribution in [0.2, 0.25) is 0 Å². The van der Waals surface area contributed by atoms with Crippen molar-refractivity contribution >= 4 is 23.3 Å². The van der Waals surface area contributed by atoms with Crippen LogP contribution in [0.4, 0.5) is 0 Å². The third-order valence-electron chi connectivity index (χ3n) is 3.52. The van der Waals surface area contributed by atoms with E-state index in [0.29, 0.717) is 12.8 Å². The lowest BCUT2D eigenvalue weighted by Gasteiger charge is -2.31. The molecule has 0 heterocycles. The number of ketones is 2. The predicted octanol–water partition coefficient (Wildman–Crippen LogP) is 4.27. The fraction of sp³-hybridized carbons (Fsp3) is 0.625. The maximum absolute atomic E-state index is 11.7. The van der Waals surface area contributed by atoms with Crippen molar-refractivity contribution in [1.82, 2.24) is 0 Å². The summed E-state index contributed by atoms with van der Waals surface area (Å²) >= 11 is 1.63. The van der Waals surface area contributed by atoms with Crippen LogP contribution in [0.25, 0.3) is 0 Å². The van der Waals surface area contributed by atoms with E-state index in [1.165, 1.54) is 0 Å². The summed E-state index contributed by atoms with van der Waals surface area (Å²) in [7, 11) is 0. The molecule has 19 heavy (non-hydrogen) atoms. The van der Waals surface area contributed by atoms with Crippen LogP contribution in [-0.2, 0) is 9.59 Å². The highest BCUT2D eigenvalue weighted by Crippen LogP contribution is 2.45. The molecular weight excluding hydrogens is 256 g/mol. The number of allylic oxidation sites excluding steroid dienone is 4. The van der Waals surface area contributed by atoms with Gasteiger partial charge in [0.05, 0.1) is 0 Å². The van der Waals surface area contributed by atoms with Crippen LogP contribution in [0.5, 0.6) is 0 Å². The van der Waals surface area contributed by atoms with Crippen molar-refractivity contribution < 1.29 is 9.59 Å². The Bertz CT molecular complexity index is 437. The van der Waals surface area contributed by atoms with E-state index < -0.39 is 0 Å².